The molecule has 2 rings (SSSR count). The zero-order valence-electron chi connectivity index (χ0n) is 15.8. The van der Waals surface area contributed by atoms with Crippen LogP contribution in [0.5, 0.6) is 0 Å². The van der Waals surface area contributed by atoms with Gasteiger partial charge < -0.3 is 20.2 Å². The van der Waals surface area contributed by atoms with Gasteiger partial charge in [-0.15, -0.1) is 0 Å². The molecule has 0 heterocycles. The van der Waals surface area contributed by atoms with Crippen LogP contribution in [0.4, 0.5) is 19.3 Å². The van der Waals surface area contributed by atoms with Crippen molar-refractivity contribution in [3.05, 3.63) is 65.2 Å². The molecule has 2 aromatic carbocycles. The molecule has 0 unspecified atom stereocenters. The van der Waals surface area contributed by atoms with Gasteiger partial charge in [0.25, 0.3) is 0 Å². The number of rotatable bonds is 8. The number of carbonyl (C=O) groups excluding carboxylic acids is 1. The van der Waals surface area contributed by atoms with E-state index in [2.05, 4.69) is 5.32 Å². The highest BCUT2D eigenvalue weighted by atomic mass is 19.2. The molecule has 0 aromatic heterocycles. The molecule has 0 aliphatic rings. The fourth-order valence-corrected chi connectivity index (χ4v) is 2.58. The molecule has 0 saturated heterocycles. The molecule has 0 aliphatic carbocycles. The lowest BCUT2D eigenvalue weighted by Gasteiger charge is -2.24. The van der Waals surface area contributed by atoms with Gasteiger partial charge in [-0.1, -0.05) is 12.1 Å². The predicted molar refractivity (Wildman–Crippen MR) is 102 cm³/mol. The van der Waals surface area contributed by atoms with Gasteiger partial charge >= 0.3 is 12.0 Å². The number of carboxylic acids is 1. The van der Waals surface area contributed by atoms with Crippen LogP contribution in [0.1, 0.15) is 22.3 Å². The van der Waals surface area contributed by atoms with Gasteiger partial charge in [-0.3, -0.25) is 0 Å². The number of carbonyl (C=O) groups is 2. The van der Waals surface area contributed by atoms with Crippen LogP contribution in [0.25, 0.3) is 0 Å². The monoisotopic (exact) mass is 391 g/mol. The van der Waals surface area contributed by atoms with E-state index < -0.39 is 23.6 Å². The second-order valence-electron chi connectivity index (χ2n) is 6.64. The quantitative estimate of drug-likeness (QED) is 0.721. The van der Waals surface area contributed by atoms with Crippen LogP contribution >= 0.6 is 0 Å². The van der Waals surface area contributed by atoms with E-state index in [1.807, 2.05) is 19.0 Å². The van der Waals surface area contributed by atoms with Gasteiger partial charge in [0.15, 0.2) is 11.6 Å². The fourth-order valence-electron chi connectivity index (χ4n) is 2.58. The Kier molecular flexibility index (Phi) is 7.45. The summed E-state index contributed by atoms with van der Waals surface area (Å²) in [6, 6.07) is 8.95. The third kappa shape index (κ3) is 6.31. The molecule has 150 valence electrons. The first-order valence-electron chi connectivity index (χ1n) is 8.74. The van der Waals surface area contributed by atoms with Crippen molar-refractivity contribution in [1.29, 1.82) is 0 Å². The SMILES string of the molecule is CN(C)CCCN(Cc1ccc(C(=O)O)cc1)C(=O)Nc1ccc(F)c(F)c1. The largest absolute Gasteiger partial charge is 0.478 e. The third-order valence-electron chi connectivity index (χ3n) is 4.07. The lowest BCUT2D eigenvalue weighted by atomic mass is 10.1. The number of anilines is 1. The molecule has 0 bridgehead atoms. The maximum Gasteiger partial charge on any atom is 0.335 e. The van der Waals surface area contributed by atoms with Crippen molar-refractivity contribution < 1.29 is 23.5 Å². The van der Waals surface area contributed by atoms with E-state index in [0.717, 1.165) is 24.2 Å². The Labute approximate surface area is 162 Å². The minimum absolute atomic E-state index is 0.155. The standard InChI is InChI=1S/C20H23F2N3O3/c1-24(2)10-3-11-25(13-14-4-6-15(7-5-14)19(26)27)20(28)23-16-8-9-17(21)18(22)12-16/h4-9,12H,3,10-11,13H2,1-2H3,(H,23,28)(H,26,27). The molecule has 0 saturated carbocycles. The zero-order valence-corrected chi connectivity index (χ0v) is 15.8. The Morgan fingerprint density at radius 1 is 1.00 bits per heavy atom. The maximum absolute atomic E-state index is 13.4. The van der Waals surface area contributed by atoms with Crippen LogP contribution in [0.2, 0.25) is 0 Å². The molecule has 0 aliphatic heterocycles. The van der Waals surface area contributed by atoms with Crippen molar-refractivity contribution in [2.45, 2.75) is 13.0 Å². The highest BCUT2D eigenvalue weighted by molar-refractivity contribution is 5.89. The van der Waals surface area contributed by atoms with Crippen molar-refractivity contribution in [3.63, 3.8) is 0 Å². The molecule has 0 radical (unpaired) electrons. The summed E-state index contributed by atoms with van der Waals surface area (Å²) >= 11 is 0. The van der Waals surface area contributed by atoms with E-state index >= 15 is 0 Å². The van der Waals surface area contributed by atoms with Crippen molar-refractivity contribution in [2.75, 3.05) is 32.5 Å². The lowest BCUT2D eigenvalue weighted by Crippen LogP contribution is -2.36. The molecule has 2 aromatic rings. The molecule has 2 amide bonds. The first-order chi connectivity index (χ1) is 13.3. The van der Waals surface area contributed by atoms with Gasteiger partial charge in [0, 0.05) is 24.8 Å². The number of urea groups is 1. The van der Waals surface area contributed by atoms with E-state index in [1.54, 1.807) is 17.0 Å². The van der Waals surface area contributed by atoms with Crippen molar-refractivity contribution >= 4 is 17.7 Å². The van der Waals surface area contributed by atoms with Crippen LogP contribution in [0.15, 0.2) is 42.5 Å². The minimum Gasteiger partial charge on any atom is -0.478 e. The van der Waals surface area contributed by atoms with Crippen LogP contribution in [0.3, 0.4) is 0 Å². The van der Waals surface area contributed by atoms with Gasteiger partial charge in [-0.2, -0.15) is 0 Å². The minimum atomic E-state index is -1.04. The number of halogens is 2. The van der Waals surface area contributed by atoms with Crippen molar-refractivity contribution in [2.24, 2.45) is 0 Å². The Hall–Kier alpha value is -3.00. The zero-order chi connectivity index (χ0) is 20.7. The van der Waals surface area contributed by atoms with E-state index in [-0.39, 0.29) is 17.8 Å². The topological polar surface area (TPSA) is 72.9 Å². The average Bonchev–Trinajstić information content (AvgIpc) is 2.64. The number of nitrogens with one attached hydrogen (secondary N) is 1. The highest BCUT2D eigenvalue weighted by Gasteiger charge is 2.15. The van der Waals surface area contributed by atoms with Gasteiger partial charge in [-0.05, 0) is 56.9 Å². The highest BCUT2D eigenvalue weighted by Crippen LogP contribution is 2.15. The second-order valence-corrected chi connectivity index (χ2v) is 6.64. The first-order valence-corrected chi connectivity index (χ1v) is 8.74. The summed E-state index contributed by atoms with van der Waals surface area (Å²) in [4.78, 5) is 27.2. The summed E-state index contributed by atoms with van der Waals surface area (Å²) < 4.78 is 26.4. The van der Waals surface area contributed by atoms with E-state index in [9.17, 15) is 18.4 Å². The normalized spacial score (nSPS) is 10.8. The second kappa shape index (κ2) is 9.80. The van der Waals surface area contributed by atoms with Gasteiger partial charge in [-0.25, -0.2) is 18.4 Å². The number of aromatic carboxylic acids is 1. The Bertz CT molecular complexity index is 826. The van der Waals surface area contributed by atoms with Gasteiger partial charge in [0.2, 0.25) is 0 Å². The number of hydrogen-bond donors (Lipinski definition) is 2. The lowest BCUT2D eigenvalue weighted by molar-refractivity contribution is 0.0696. The molecule has 2 N–H and O–H groups in total. The van der Waals surface area contributed by atoms with Crippen LogP contribution in [-0.4, -0.2) is 54.1 Å². The van der Waals surface area contributed by atoms with Crippen LogP contribution in [0, 0.1) is 11.6 Å². The van der Waals surface area contributed by atoms with Gasteiger partial charge in [0.1, 0.15) is 0 Å². The van der Waals surface area contributed by atoms with E-state index in [0.29, 0.717) is 13.0 Å². The number of benzene rings is 2. The van der Waals surface area contributed by atoms with Crippen molar-refractivity contribution in [3.8, 4) is 0 Å². The molecule has 28 heavy (non-hydrogen) atoms. The Morgan fingerprint density at radius 3 is 2.25 bits per heavy atom. The summed E-state index contributed by atoms with van der Waals surface area (Å²) in [5.74, 6) is -3.05. The Balaban J connectivity index is 2.11. The molecule has 0 fully saturated rings. The van der Waals surface area contributed by atoms with Gasteiger partial charge in [0.05, 0.1) is 5.56 Å². The summed E-state index contributed by atoms with van der Waals surface area (Å²) in [7, 11) is 3.85. The first kappa shape index (κ1) is 21.3. The maximum atomic E-state index is 13.4. The number of hydrogen-bond acceptors (Lipinski definition) is 3. The third-order valence-corrected chi connectivity index (χ3v) is 4.07. The molecule has 0 spiro atoms. The fraction of sp³-hybridized carbons (Fsp3) is 0.300. The van der Waals surface area contributed by atoms with Crippen LogP contribution < -0.4 is 5.32 Å². The Morgan fingerprint density at radius 2 is 1.68 bits per heavy atom. The summed E-state index contributed by atoms with van der Waals surface area (Å²) in [5.41, 5.74) is 1.08. The summed E-state index contributed by atoms with van der Waals surface area (Å²) in [5, 5.41) is 11.6. The molecular formula is C20H23F2N3O3. The van der Waals surface area contributed by atoms with Crippen molar-refractivity contribution in [1.82, 2.24) is 9.80 Å². The average molecular weight is 391 g/mol. The molecular weight excluding hydrogens is 368 g/mol. The van der Waals surface area contributed by atoms with E-state index in [1.165, 1.54) is 18.2 Å². The summed E-state index contributed by atoms with van der Waals surface area (Å²) in [6.07, 6.45) is 0.714. The number of nitrogens with zero attached hydrogens (tertiary/aromatic N) is 2. The summed E-state index contributed by atoms with van der Waals surface area (Å²) in [6.45, 7) is 1.46. The number of carboxylic acid groups (broad SMARTS) is 1. The smallest absolute Gasteiger partial charge is 0.335 e. The molecule has 0 atom stereocenters. The number of amides is 2. The molecule has 6 nitrogen and oxygen atoms in total. The van der Waals surface area contributed by atoms with E-state index in [4.69, 9.17) is 5.11 Å². The molecule has 8 heteroatoms. The van der Waals surface area contributed by atoms with Crippen LogP contribution in [-0.2, 0) is 6.54 Å². The predicted octanol–water partition coefficient (Wildman–Crippen LogP) is 3.65.